The third-order valence-electron chi connectivity index (χ3n) is 4.29. The molecule has 0 saturated heterocycles. The average molecular weight is 349 g/mol. The second-order valence-electron chi connectivity index (χ2n) is 6.63. The topological polar surface area (TPSA) is 61.8 Å². The first-order valence-corrected chi connectivity index (χ1v) is 8.79. The lowest BCUT2D eigenvalue weighted by Crippen LogP contribution is -2.39. The van der Waals surface area contributed by atoms with Crippen molar-refractivity contribution in [1.29, 1.82) is 0 Å². The van der Waals surface area contributed by atoms with Crippen LogP contribution in [0, 0.1) is 0 Å². The van der Waals surface area contributed by atoms with Gasteiger partial charge in [0.05, 0.1) is 0 Å². The Morgan fingerprint density at radius 1 is 1.38 bits per heavy atom. The van der Waals surface area contributed by atoms with Crippen molar-refractivity contribution >= 4 is 23.6 Å². The van der Waals surface area contributed by atoms with Gasteiger partial charge in [-0.1, -0.05) is 24.3 Å². The lowest BCUT2D eigenvalue weighted by Gasteiger charge is -2.29. The van der Waals surface area contributed by atoms with E-state index in [2.05, 4.69) is 10.3 Å². The Morgan fingerprint density at radius 2 is 2.19 bits per heavy atom. The molecule has 2 aliphatic rings. The number of carbonyl (C=O) groups excluding carboxylic acids is 2. The van der Waals surface area contributed by atoms with Gasteiger partial charge in [-0.2, -0.15) is 0 Å². The molecule has 0 aliphatic carbocycles. The van der Waals surface area contributed by atoms with Crippen LogP contribution in [0.5, 0.6) is 0 Å². The van der Waals surface area contributed by atoms with Crippen LogP contribution < -0.4 is 5.32 Å². The lowest BCUT2D eigenvalue weighted by molar-refractivity contribution is -0.128. The van der Waals surface area contributed by atoms with Gasteiger partial charge < -0.3 is 10.2 Å². The van der Waals surface area contributed by atoms with E-state index < -0.39 is 6.04 Å². The first-order chi connectivity index (χ1) is 12.5. The summed E-state index contributed by atoms with van der Waals surface area (Å²) in [6.45, 7) is 6.30. The molecule has 26 heavy (non-hydrogen) atoms. The van der Waals surface area contributed by atoms with Gasteiger partial charge in [0.1, 0.15) is 0 Å². The zero-order valence-electron chi connectivity index (χ0n) is 15.3. The van der Waals surface area contributed by atoms with E-state index in [-0.39, 0.29) is 17.9 Å². The van der Waals surface area contributed by atoms with E-state index in [1.807, 2.05) is 63.4 Å². The number of carbonyl (C=O) groups is 2. The number of nitrogens with one attached hydrogen (secondary N) is 1. The number of fused-ring (bicyclic) bond motifs is 1. The van der Waals surface area contributed by atoms with Crippen molar-refractivity contribution in [2.24, 2.45) is 4.99 Å². The zero-order valence-corrected chi connectivity index (χ0v) is 15.3. The summed E-state index contributed by atoms with van der Waals surface area (Å²) in [7, 11) is 0. The van der Waals surface area contributed by atoms with Gasteiger partial charge in [-0.25, -0.2) is 0 Å². The standard InChI is InChI=1S/C21H23N3O2/c1-4-5-11-24-13-18(17-9-10-22-19(17)21(24)26)15-7-6-8-16(12-15)20(25)23-14(2)3/h4-10,12-14,19H,11H2,1-3H3,(H,23,25). The predicted octanol–water partition coefficient (Wildman–Crippen LogP) is 2.96. The van der Waals surface area contributed by atoms with E-state index in [1.54, 1.807) is 17.2 Å². The monoisotopic (exact) mass is 349 g/mol. The molecule has 0 aromatic heterocycles. The molecule has 0 saturated carbocycles. The molecule has 2 amide bonds. The fourth-order valence-corrected chi connectivity index (χ4v) is 3.04. The van der Waals surface area contributed by atoms with Crippen LogP contribution >= 0.6 is 0 Å². The van der Waals surface area contributed by atoms with Crippen LogP contribution in [0.15, 0.2) is 59.3 Å². The summed E-state index contributed by atoms with van der Waals surface area (Å²) in [4.78, 5) is 30.9. The second kappa shape index (κ2) is 7.52. The number of amides is 2. The molecule has 134 valence electrons. The molecule has 0 radical (unpaired) electrons. The first-order valence-electron chi connectivity index (χ1n) is 8.79. The van der Waals surface area contributed by atoms with Crippen LogP contribution in [-0.2, 0) is 4.79 Å². The normalized spacial score (nSPS) is 19.0. The Hall–Kier alpha value is -2.95. The molecule has 2 aliphatic heterocycles. The number of hydrogen-bond acceptors (Lipinski definition) is 3. The maximum Gasteiger partial charge on any atom is 0.256 e. The predicted molar refractivity (Wildman–Crippen MR) is 104 cm³/mol. The highest BCUT2D eigenvalue weighted by Gasteiger charge is 2.34. The molecular formula is C21H23N3O2. The minimum atomic E-state index is -0.492. The van der Waals surface area contributed by atoms with Crippen LogP contribution in [0.4, 0.5) is 0 Å². The van der Waals surface area contributed by atoms with E-state index in [0.717, 1.165) is 16.7 Å². The Balaban J connectivity index is 1.98. The average Bonchev–Trinajstić information content (AvgIpc) is 3.11. The molecule has 1 atom stereocenters. The van der Waals surface area contributed by atoms with E-state index in [0.29, 0.717) is 12.1 Å². The summed E-state index contributed by atoms with van der Waals surface area (Å²) in [6, 6.07) is 7.06. The molecule has 1 aromatic rings. The van der Waals surface area contributed by atoms with Crippen LogP contribution in [0.2, 0.25) is 0 Å². The van der Waals surface area contributed by atoms with Gasteiger partial charge in [-0.05, 0) is 50.1 Å². The fraction of sp³-hybridized carbons (Fsp3) is 0.286. The largest absolute Gasteiger partial charge is 0.350 e. The van der Waals surface area contributed by atoms with Gasteiger partial charge >= 0.3 is 0 Å². The maximum absolute atomic E-state index is 12.6. The summed E-state index contributed by atoms with van der Waals surface area (Å²) in [6.07, 6.45) is 9.27. The Bertz CT molecular complexity index is 847. The quantitative estimate of drug-likeness (QED) is 0.831. The second-order valence-corrected chi connectivity index (χ2v) is 6.63. The van der Waals surface area contributed by atoms with Gasteiger partial charge in [-0.3, -0.25) is 14.6 Å². The third kappa shape index (κ3) is 3.52. The Kier molecular flexibility index (Phi) is 5.16. The molecule has 0 spiro atoms. The molecule has 3 rings (SSSR count). The summed E-state index contributed by atoms with van der Waals surface area (Å²) in [5.74, 6) is -0.131. The molecule has 1 unspecified atom stereocenters. The molecule has 5 heteroatoms. The van der Waals surface area contributed by atoms with Crippen molar-refractivity contribution in [3.8, 4) is 0 Å². The van der Waals surface area contributed by atoms with Crippen LogP contribution in [0.3, 0.4) is 0 Å². The van der Waals surface area contributed by atoms with Gasteiger partial charge in [0, 0.05) is 36.1 Å². The van der Waals surface area contributed by atoms with E-state index >= 15 is 0 Å². The highest BCUT2D eigenvalue weighted by Crippen LogP contribution is 2.34. The van der Waals surface area contributed by atoms with Crippen molar-refractivity contribution in [1.82, 2.24) is 10.2 Å². The maximum atomic E-state index is 12.6. The van der Waals surface area contributed by atoms with Crippen LogP contribution in [0.25, 0.3) is 5.57 Å². The summed E-state index contributed by atoms with van der Waals surface area (Å²) >= 11 is 0. The van der Waals surface area contributed by atoms with Crippen molar-refractivity contribution in [2.75, 3.05) is 6.54 Å². The highest BCUT2D eigenvalue weighted by molar-refractivity contribution is 6.04. The molecule has 0 fully saturated rings. The van der Waals surface area contributed by atoms with E-state index in [9.17, 15) is 9.59 Å². The van der Waals surface area contributed by atoms with Crippen molar-refractivity contribution < 1.29 is 9.59 Å². The lowest BCUT2D eigenvalue weighted by atomic mass is 9.90. The molecule has 2 heterocycles. The minimum absolute atomic E-state index is 0.0273. The number of hydrogen-bond donors (Lipinski definition) is 1. The summed E-state index contributed by atoms with van der Waals surface area (Å²) in [5, 5.41) is 2.91. The zero-order chi connectivity index (χ0) is 18.7. The Labute approximate surface area is 153 Å². The first kappa shape index (κ1) is 17.9. The van der Waals surface area contributed by atoms with Crippen molar-refractivity contribution in [3.05, 3.63) is 65.4 Å². The van der Waals surface area contributed by atoms with Gasteiger partial charge in [-0.15, -0.1) is 0 Å². The third-order valence-corrected chi connectivity index (χ3v) is 4.29. The summed E-state index contributed by atoms with van der Waals surface area (Å²) < 4.78 is 0. The molecule has 0 bridgehead atoms. The highest BCUT2D eigenvalue weighted by atomic mass is 16.2. The minimum Gasteiger partial charge on any atom is -0.350 e. The van der Waals surface area contributed by atoms with Gasteiger partial charge in [0.2, 0.25) is 0 Å². The fourth-order valence-electron chi connectivity index (χ4n) is 3.04. The Morgan fingerprint density at radius 3 is 2.92 bits per heavy atom. The number of rotatable bonds is 5. The van der Waals surface area contributed by atoms with Gasteiger partial charge in [0.25, 0.3) is 11.8 Å². The van der Waals surface area contributed by atoms with Crippen LogP contribution in [0.1, 0.15) is 36.7 Å². The number of aliphatic imine (C=N–C) groups is 1. The van der Waals surface area contributed by atoms with Crippen LogP contribution in [-0.4, -0.2) is 41.6 Å². The number of benzene rings is 1. The number of allylic oxidation sites excluding steroid dienone is 2. The van der Waals surface area contributed by atoms with Crippen molar-refractivity contribution in [3.63, 3.8) is 0 Å². The SMILES string of the molecule is CC=CCN1C=C(c2cccc(C(=O)NC(C)C)c2)C2=CC=NC2C1=O. The molecule has 1 N–H and O–H groups in total. The number of nitrogens with zero attached hydrogens (tertiary/aromatic N) is 2. The van der Waals surface area contributed by atoms with E-state index in [4.69, 9.17) is 0 Å². The molecule has 5 nitrogen and oxygen atoms in total. The van der Waals surface area contributed by atoms with E-state index in [1.165, 1.54) is 0 Å². The molecule has 1 aromatic carbocycles. The smallest absolute Gasteiger partial charge is 0.256 e. The van der Waals surface area contributed by atoms with Crippen molar-refractivity contribution in [2.45, 2.75) is 32.9 Å². The summed E-state index contributed by atoms with van der Waals surface area (Å²) in [5.41, 5.74) is 3.31. The van der Waals surface area contributed by atoms with Gasteiger partial charge in [0.15, 0.2) is 6.04 Å². The molecular weight excluding hydrogens is 326 g/mol.